The number of hydrogen-bond donors (Lipinski definition) is 1. The van der Waals surface area contributed by atoms with Crippen LogP contribution >= 0.6 is 0 Å². The Balaban J connectivity index is 1.94. The summed E-state index contributed by atoms with van der Waals surface area (Å²) in [6, 6.07) is 7.75. The lowest BCUT2D eigenvalue weighted by molar-refractivity contribution is -0.0466. The SMILES string of the molecule is OC1CCOC(c2cnc3ccccc3n2)C1. The molecule has 88 valence electrons. The molecule has 0 aliphatic carbocycles. The van der Waals surface area contributed by atoms with Gasteiger partial charge in [0.15, 0.2) is 0 Å². The van der Waals surface area contributed by atoms with Crippen molar-refractivity contribution in [1.82, 2.24) is 9.97 Å². The number of nitrogens with zero attached hydrogens (tertiary/aromatic N) is 2. The van der Waals surface area contributed by atoms with Crippen LogP contribution in [-0.4, -0.2) is 27.8 Å². The van der Waals surface area contributed by atoms with Gasteiger partial charge in [-0.2, -0.15) is 0 Å². The monoisotopic (exact) mass is 230 g/mol. The third kappa shape index (κ3) is 2.14. The summed E-state index contributed by atoms with van der Waals surface area (Å²) >= 11 is 0. The zero-order valence-electron chi connectivity index (χ0n) is 9.41. The standard InChI is InChI=1S/C13H14N2O2/c16-9-5-6-17-13(7-9)12-8-14-10-3-1-2-4-11(10)15-12/h1-4,8-9,13,16H,5-7H2. The Morgan fingerprint density at radius 1 is 1.24 bits per heavy atom. The lowest BCUT2D eigenvalue weighted by atomic mass is 10.0. The zero-order chi connectivity index (χ0) is 11.7. The topological polar surface area (TPSA) is 55.2 Å². The van der Waals surface area contributed by atoms with E-state index in [2.05, 4.69) is 9.97 Å². The van der Waals surface area contributed by atoms with E-state index in [1.54, 1.807) is 6.20 Å². The average molecular weight is 230 g/mol. The molecule has 1 aromatic carbocycles. The van der Waals surface area contributed by atoms with Crippen LogP contribution in [0, 0.1) is 0 Å². The van der Waals surface area contributed by atoms with Crippen LogP contribution in [0.2, 0.25) is 0 Å². The number of rotatable bonds is 1. The van der Waals surface area contributed by atoms with Crippen molar-refractivity contribution in [2.24, 2.45) is 0 Å². The molecule has 0 radical (unpaired) electrons. The summed E-state index contributed by atoms with van der Waals surface area (Å²) in [5, 5.41) is 9.63. The van der Waals surface area contributed by atoms with E-state index < -0.39 is 0 Å². The first-order chi connectivity index (χ1) is 8.33. The van der Waals surface area contributed by atoms with Gasteiger partial charge >= 0.3 is 0 Å². The predicted molar refractivity (Wildman–Crippen MR) is 63.5 cm³/mol. The van der Waals surface area contributed by atoms with E-state index in [1.807, 2.05) is 24.3 Å². The smallest absolute Gasteiger partial charge is 0.103 e. The molecule has 1 aliphatic heterocycles. The van der Waals surface area contributed by atoms with E-state index in [0.29, 0.717) is 19.4 Å². The van der Waals surface area contributed by atoms with Crippen molar-refractivity contribution in [1.29, 1.82) is 0 Å². The summed E-state index contributed by atoms with van der Waals surface area (Å²) in [6.45, 7) is 0.584. The highest BCUT2D eigenvalue weighted by Gasteiger charge is 2.23. The molecule has 0 bridgehead atoms. The van der Waals surface area contributed by atoms with Gasteiger partial charge in [0.05, 0.1) is 29.0 Å². The van der Waals surface area contributed by atoms with Crippen LogP contribution in [0.1, 0.15) is 24.6 Å². The highest BCUT2D eigenvalue weighted by atomic mass is 16.5. The summed E-state index contributed by atoms with van der Waals surface area (Å²) in [6.07, 6.45) is 2.63. The molecule has 1 aromatic heterocycles. The quantitative estimate of drug-likeness (QED) is 0.812. The van der Waals surface area contributed by atoms with Crippen LogP contribution in [0.3, 0.4) is 0 Å². The number of aliphatic hydroxyl groups excluding tert-OH is 1. The first kappa shape index (κ1) is 10.6. The molecule has 1 N–H and O–H groups in total. The molecule has 1 aliphatic rings. The molecule has 2 atom stereocenters. The van der Waals surface area contributed by atoms with Crippen molar-refractivity contribution in [2.45, 2.75) is 25.0 Å². The summed E-state index contributed by atoms with van der Waals surface area (Å²) < 4.78 is 5.62. The Labute approximate surface area is 99.3 Å². The number of hydrogen-bond acceptors (Lipinski definition) is 4. The van der Waals surface area contributed by atoms with Crippen molar-refractivity contribution in [3.63, 3.8) is 0 Å². The fourth-order valence-electron chi connectivity index (χ4n) is 2.11. The molecule has 17 heavy (non-hydrogen) atoms. The normalized spacial score (nSPS) is 25.0. The molecular formula is C13H14N2O2. The molecule has 1 fully saturated rings. The fourth-order valence-corrected chi connectivity index (χ4v) is 2.11. The molecule has 0 spiro atoms. The first-order valence-corrected chi connectivity index (χ1v) is 5.84. The lowest BCUT2D eigenvalue weighted by Crippen LogP contribution is -2.24. The number of aliphatic hydroxyl groups is 1. The van der Waals surface area contributed by atoms with Gasteiger partial charge in [-0.3, -0.25) is 4.98 Å². The Kier molecular flexibility index (Phi) is 2.74. The van der Waals surface area contributed by atoms with Gasteiger partial charge in [0.2, 0.25) is 0 Å². The summed E-state index contributed by atoms with van der Waals surface area (Å²) in [5.41, 5.74) is 2.56. The molecule has 4 nitrogen and oxygen atoms in total. The highest BCUT2D eigenvalue weighted by Crippen LogP contribution is 2.27. The zero-order valence-corrected chi connectivity index (χ0v) is 9.41. The van der Waals surface area contributed by atoms with Crippen molar-refractivity contribution in [3.05, 3.63) is 36.2 Å². The maximum Gasteiger partial charge on any atom is 0.103 e. The van der Waals surface area contributed by atoms with Crippen LogP contribution in [0.15, 0.2) is 30.5 Å². The van der Waals surface area contributed by atoms with E-state index in [0.717, 1.165) is 16.7 Å². The lowest BCUT2D eigenvalue weighted by Gasteiger charge is -2.25. The number of para-hydroxylation sites is 2. The van der Waals surface area contributed by atoms with Gasteiger partial charge in [-0.15, -0.1) is 0 Å². The van der Waals surface area contributed by atoms with E-state index >= 15 is 0 Å². The maximum atomic E-state index is 9.63. The van der Waals surface area contributed by atoms with Gasteiger partial charge in [-0.05, 0) is 18.6 Å². The first-order valence-electron chi connectivity index (χ1n) is 5.84. The highest BCUT2D eigenvalue weighted by molar-refractivity contribution is 5.73. The molecule has 2 aromatic rings. The van der Waals surface area contributed by atoms with Crippen molar-refractivity contribution in [2.75, 3.05) is 6.61 Å². The molecule has 0 amide bonds. The third-order valence-electron chi connectivity index (χ3n) is 3.05. The molecular weight excluding hydrogens is 216 g/mol. The minimum atomic E-state index is -0.290. The molecule has 2 heterocycles. The predicted octanol–water partition coefficient (Wildman–Crippen LogP) is 1.84. The van der Waals surface area contributed by atoms with Crippen LogP contribution < -0.4 is 0 Å². The molecule has 2 unspecified atom stereocenters. The Morgan fingerprint density at radius 2 is 2.06 bits per heavy atom. The molecule has 3 rings (SSSR count). The van der Waals surface area contributed by atoms with E-state index in [9.17, 15) is 5.11 Å². The van der Waals surface area contributed by atoms with Gasteiger partial charge in [-0.25, -0.2) is 4.98 Å². The van der Waals surface area contributed by atoms with Crippen molar-refractivity contribution in [3.8, 4) is 0 Å². The third-order valence-corrected chi connectivity index (χ3v) is 3.05. The van der Waals surface area contributed by atoms with E-state index in [-0.39, 0.29) is 12.2 Å². The maximum absolute atomic E-state index is 9.63. The van der Waals surface area contributed by atoms with Gasteiger partial charge < -0.3 is 9.84 Å². The van der Waals surface area contributed by atoms with Crippen molar-refractivity contribution >= 4 is 11.0 Å². The van der Waals surface area contributed by atoms with Crippen LogP contribution in [0.5, 0.6) is 0 Å². The van der Waals surface area contributed by atoms with E-state index in [1.165, 1.54) is 0 Å². The van der Waals surface area contributed by atoms with Crippen LogP contribution in [0.4, 0.5) is 0 Å². The molecule has 0 saturated carbocycles. The van der Waals surface area contributed by atoms with Gasteiger partial charge in [0.25, 0.3) is 0 Å². The minimum Gasteiger partial charge on any atom is -0.393 e. The largest absolute Gasteiger partial charge is 0.393 e. The fraction of sp³-hybridized carbons (Fsp3) is 0.385. The summed E-state index contributed by atoms with van der Waals surface area (Å²) in [5.74, 6) is 0. The van der Waals surface area contributed by atoms with Crippen LogP contribution in [-0.2, 0) is 4.74 Å². The summed E-state index contributed by atoms with van der Waals surface area (Å²) in [4.78, 5) is 8.89. The minimum absolute atomic E-state index is 0.129. The number of aromatic nitrogens is 2. The van der Waals surface area contributed by atoms with Gasteiger partial charge in [0, 0.05) is 13.0 Å². The number of fused-ring (bicyclic) bond motifs is 1. The Bertz CT molecular complexity index is 530. The Morgan fingerprint density at radius 3 is 2.88 bits per heavy atom. The van der Waals surface area contributed by atoms with Crippen LogP contribution in [0.25, 0.3) is 11.0 Å². The average Bonchev–Trinajstić information content (AvgIpc) is 2.38. The van der Waals surface area contributed by atoms with Crippen molar-refractivity contribution < 1.29 is 9.84 Å². The molecule has 1 saturated heterocycles. The second-order valence-corrected chi connectivity index (χ2v) is 4.32. The van der Waals surface area contributed by atoms with E-state index in [4.69, 9.17) is 4.74 Å². The Hall–Kier alpha value is -1.52. The second-order valence-electron chi connectivity index (χ2n) is 4.32. The summed E-state index contributed by atoms with van der Waals surface area (Å²) in [7, 11) is 0. The second kappa shape index (κ2) is 4.39. The number of benzene rings is 1. The molecule has 4 heteroatoms. The van der Waals surface area contributed by atoms with Gasteiger partial charge in [0.1, 0.15) is 6.10 Å². The van der Waals surface area contributed by atoms with Gasteiger partial charge in [-0.1, -0.05) is 12.1 Å². The number of ether oxygens (including phenoxy) is 1.